The van der Waals surface area contributed by atoms with E-state index in [1.54, 1.807) is 0 Å². The molecule has 0 atom stereocenters. The van der Waals surface area contributed by atoms with Gasteiger partial charge in [-0.1, -0.05) is 43.1 Å². The van der Waals surface area contributed by atoms with Crippen LogP contribution in [0.25, 0.3) is 0 Å². The molecule has 0 aliphatic rings. The van der Waals surface area contributed by atoms with E-state index < -0.39 is 0 Å². The molecule has 130 valence electrons. The van der Waals surface area contributed by atoms with Gasteiger partial charge < -0.3 is 9.84 Å². The smallest absolute Gasteiger partial charge is 0.156 e. The minimum atomic E-state index is 0.0267. The number of allylic oxidation sites excluding steroid dienone is 2. The van der Waals surface area contributed by atoms with Crippen molar-refractivity contribution in [2.24, 2.45) is 5.92 Å². The molecule has 0 radical (unpaired) electrons. The number of hydroxylamine groups is 1. The lowest BCUT2D eigenvalue weighted by molar-refractivity contribution is 0.0589. The van der Waals surface area contributed by atoms with Crippen molar-refractivity contribution in [2.45, 2.75) is 40.0 Å². The fourth-order valence-electron chi connectivity index (χ4n) is 2.01. The van der Waals surface area contributed by atoms with Crippen LogP contribution >= 0.6 is 23.2 Å². The Balaban J connectivity index is 2.13. The third-order valence-corrected chi connectivity index (χ3v) is 3.50. The summed E-state index contributed by atoms with van der Waals surface area (Å²) in [6.07, 6.45) is 4.89. The van der Waals surface area contributed by atoms with Gasteiger partial charge in [-0.25, -0.2) is 0 Å². The van der Waals surface area contributed by atoms with Crippen molar-refractivity contribution in [2.75, 3.05) is 13.2 Å². The molecule has 0 amide bonds. The highest BCUT2D eigenvalue weighted by Crippen LogP contribution is 2.36. The van der Waals surface area contributed by atoms with Gasteiger partial charge in [-0.15, -0.1) is 0 Å². The van der Waals surface area contributed by atoms with Crippen molar-refractivity contribution in [3.05, 3.63) is 34.0 Å². The highest BCUT2D eigenvalue weighted by molar-refractivity contribution is 6.37. The number of nitrogens with one attached hydrogen (secondary N) is 1. The van der Waals surface area contributed by atoms with Gasteiger partial charge >= 0.3 is 0 Å². The van der Waals surface area contributed by atoms with Crippen LogP contribution in [0.1, 0.15) is 40.0 Å². The van der Waals surface area contributed by atoms with E-state index in [9.17, 15) is 5.11 Å². The van der Waals surface area contributed by atoms with E-state index in [0.717, 1.165) is 25.0 Å². The molecule has 0 saturated heterocycles. The molecule has 0 aliphatic carbocycles. The maximum Gasteiger partial charge on any atom is 0.156 e. The molecule has 1 aromatic rings. The highest BCUT2D eigenvalue weighted by Gasteiger charge is 2.09. The number of aromatic hydroxyl groups is 1. The van der Waals surface area contributed by atoms with Crippen molar-refractivity contribution in [3.63, 3.8) is 0 Å². The van der Waals surface area contributed by atoms with Crippen LogP contribution in [-0.4, -0.2) is 18.3 Å². The monoisotopic (exact) mass is 361 g/mol. The number of hydrogen-bond donors (Lipinski definition) is 2. The number of phenols is 1. The molecule has 0 aromatic heterocycles. The predicted octanol–water partition coefficient (Wildman–Crippen LogP) is 5.33. The number of rotatable bonds is 10. The fraction of sp³-hybridized carbons (Fsp3) is 0.529. The summed E-state index contributed by atoms with van der Waals surface area (Å²) >= 11 is 12.0. The molecule has 1 rings (SSSR count). The maximum atomic E-state index is 9.35. The SMILES string of the molecule is CC(=CC(C)C)NOCCCCCOc1c(Cl)cc(O)cc1Cl. The standard InChI is InChI=1S/C17H25Cl2NO3/c1-12(2)9-13(3)20-23-8-6-4-5-7-22-17-15(18)10-14(21)11-16(17)19/h9-12,20-21H,4-8H2,1-3H3. The first-order valence-electron chi connectivity index (χ1n) is 7.77. The van der Waals surface area contributed by atoms with Crippen LogP contribution < -0.4 is 10.2 Å². The van der Waals surface area contributed by atoms with Gasteiger partial charge in [0.2, 0.25) is 0 Å². The third-order valence-electron chi connectivity index (χ3n) is 2.94. The molecular weight excluding hydrogens is 337 g/mol. The molecule has 0 spiro atoms. The Morgan fingerprint density at radius 1 is 1.17 bits per heavy atom. The molecule has 6 heteroatoms. The number of ether oxygens (including phenoxy) is 1. The van der Waals surface area contributed by atoms with Crippen molar-refractivity contribution in [1.29, 1.82) is 0 Å². The molecule has 0 saturated carbocycles. The molecule has 1 aromatic carbocycles. The van der Waals surface area contributed by atoms with Crippen LogP contribution in [-0.2, 0) is 4.84 Å². The van der Waals surface area contributed by atoms with Gasteiger partial charge in [-0.05, 0) is 32.1 Å². The summed E-state index contributed by atoms with van der Waals surface area (Å²) in [4.78, 5) is 5.38. The summed E-state index contributed by atoms with van der Waals surface area (Å²) in [6.45, 7) is 7.39. The Hall–Kier alpha value is -1.10. The molecule has 2 N–H and O–H groups in total. The van der Waals surface area contributed by atoms with E-state index in [2.05, 4.69) is 25.4 Å². The zero-order valence-electron chi connectivity index (χ0n) is 13.9. The summed E-state index contributed by atoms with van der Waals surface area (Å²) < 4.78 is 5.57. The first kappa shape index (κ1) is 19.9. The summed E-state index contributed by atoms with van der Waals surface area (Å²) in [5, 5.41) is 9.98. The second-order valence-corrected chi connectivity index (χ2v) is 6.51. The summed E-state index contributed by atoms with van der Waals surface area (Å²) in [7, 11) is 0. The van der Waals surface area contributed by atoms with Crippen molar-refractivity contribution < 1.29 is 14.7 Å². The Morgan fingerprint density at radius 2 is 1.78 bits per heavy atom. The lowest BCUT2D eigenvalue weighted by Gasteiger charge is -2.11. The first-order chi connectivity index (χ1) is 10.9. The maximum absolute atomic E-state index is 9.35. The molecule has 23 heavy (non-hydrogen) atoms. The second-order valence-electron chi connectivity index (χ2n) is 5.69. The summed E-state index contributed by atoms with van der Waals surface area (Å²) in [5.74, 6) is 0.944. The van der Waals surface area contributed by atoms with Crippen LogP contribution in [0.15, 0.2) is 23.9 Å². The zero-order valence-corrected chi connectivity index (χ0v) is 15.4. The minimum Gasteiger partial charge on any atom is -0.508 e. The Kier molecular flexibility index (Phi) is 9.22. The zero-order chi connectivity index (χ0) is 17.2. The largest absolute Gasteiger partial charge is 0.508 e. The van der Waals surface area contributed by atoms with Crippen LogP contribution in [0.5, 0.6) is 11.5 Å². The van der Waals surface area contributed by atoms with Gasteiger partial charge in [0.25, 0.3) is 0 Å². The van der Waals surface area contributed by atoms with E-state index >= 15 is 0 Å². The number of hydrogen-bond acceptors (Lipinski definition) is 4. The van der Waals surface area contributed by atoms with Crippen LogP contribution in [0.2, 0.25) is 10.0 Å². The fourth-order valence-corrected chi connectivity index (χ4v) is 2.60. The average molecular weight is 362 g/mol. The normalized spacial score (nSPS) is 11.8. The Labute approximate surface area is 148 Å². The van der Waals surface area contributed by atoms with Crippen molar-refractivity contribution in [3.8, 4) is 11.5 Å². The van der Waals surface area contributed by atoms with Gasteiger partial charge in [-0.3, -0.25) is 10.3 Å². The van der Waals surface area contributed by atoms with Crippen LogP contribution in [0.4, 0.5) is 0 Å². The average Bonchev–Trinajstić information content (AvgIpc) is 2.43. The van der Waals surface area contributed by atoms with E-state index in [0.29, 0.717) is 34.9 Å². The first-order valence-corrected chi connectivity index (χ1v) is 8.52. The van der Waals surface area contributed by atoms with Gasteiger partial charge in [-0.2, -0.15) is 0 Å². The highest BCUT2D eigenvalue weighted by atomic mass is 35.5. The van der Waals surface area contributed by atoms with E-state index in [1.807, 2.05) is 6.92 Å². The van der Waals surface area contributed by atoms with Gasteiger partial charge in [0.05, 0.1) is 23.3 Å². The molecule has 0 fully saturated rings. The van der Waals surface area contributed by atoms with Crippen LogP contribution in [0, 0.1) is 5.92 Å². The van der Waals surface area contributed by atoms with Crippen molar-refractivity contribution >= 4 is 23.2 Å². The lowest BCUT2D eigenvalue weighted by atomic mass is 10.2. The van der Waals surface area contributed by atoms with Gasteiger partial charge in [0, 0.05) is 17.8 Å². The number of unbranched alkanes of at least 4 members (excludes halogenated alkanes) is 2. The minimum absolute atomic E-state index is 0.0267. The Morgan fingerprint density at radius 3 is 2.39 bits per heavy atom. The second kappa shape index (κ2) is 10.6. The molecular formula is C17H25Cl2NO3. The van der Waals surface area contributed by atoms with E-state index in [1.165, 1.54) is 12.1 Å². The summed E-state index contributed by atoms with van der Waals surface area (Å²) in [6, 6.07) is 2.82. The van der Waals surface area contributed by atoms with Gasteiger partial charge in [0.1, 0.15) is 5.75 Å². The van der Waals surface area contributed by atoms with Crippen LogP contribution in [0.3, 0.4) is 0 Å². The van der Waals surface area contributed by atoms with E-state index in [4.69, 9.17) is 32.8 Å². The quantitative estimate of drug-likeness (QED) is 0.436. The summed E-state index contributed by atoms with van der Waals surface area (Å²) in [5.41, 5.74) is 3.95. The number of benzene rings is 1. The molecule has 0 aliphatic heterocycles. The molecule has 0 unspecified atom stereocenters. The molecule has 4 nitrogen and oxygen atoms in total. The molecule has 0 heterocycles. The Bertz CT molecular complexity index is 496. The van der Waals surface area contributed by atoms with E-state index in [-0.39, 0.29) is 5.75 Å². The molecule has 0 bridgehead atoms. The van der Waals surface area contributed by atoms with Crippen molar-refractivity contribution in [1.82, 2.24) is 5.48 Å². The number of halogens is 2. The predicted molar refractivity (Wildman–Crippen MR) is 95.2 cm³/mol. The van der Waals surface area contributed by atoms with Gasteiger partial charge in [0.15, 0.2) is 5.75 Å². The number of phenolic OH excluding ortho intramolecular Hbond substituents is 1. The third kappa shape index (κ3) is 8.35. The topological polar surface area (TPSA) is 50.7 Å². The lowest BCUT2D eigenvalue weighted by Crippen LogP contribution is -2.13.